The number of rotatable bonds is 5. The highest BCUT2D eigenvalue weighted by Gasteiger charge is 2.67. The van der Waals surface area contributed by atoms with Crippen molar-refractivity contribution < 1.29 is 29.7 Å². The molecule has 0 saturated heterocycles. The number of allylic oxidation sites excluding steroid dienone is 4. The van der Waals surface area contributed by atoms with E-state index >= 15 is 0 Å². The number of aliphatic hydroxyl groups is 2. The van der Waals surface area contributed by atoms with Gasteiger partial charge in [0, 0.05) is 16.7 Å². The summed E-state index contributed by atoms with van der Waals surface area (Å²) in [7, 11) is 0. The molecule has 164 valence electrons. The molecule has 0 bridgehead atoms. The minimum Gasteiger partial charge on any atom is -0.481 e. The number of fused-ring (bicyclic) bond motifs is 5. The van der Waals surface area contributed by atoms with Crippen molar-refractivity contribution in [3.05, 3.63) is 23.8 Å². The highest BCUT2D eigenvalue weighted by atomic mass is 32.2. The van der Waals surface area contributed by atoms with Gasteiger partial charge in [0.25, 0.3) is 0 Å². The van der Waals surface area contributed by atoms with Crippen LogP contribution in [0, 0.1) is 28.6 Å². The number of hydrogen-bond acceptors (Lipinski definition) is 6. The van der Waals surface area contributed by atoms with Crippen molar-refractivity contribution in [3.63, 3.8) is 0 Å². The number of carbonyl (C=O) groups excluding carboxylic acids is 2. The molecule has 0 aromatic carbocycles. The van der Waals surface area contributed by atoms with Crippen LogP contribution in [-0.2, 0) is 14.4 Å². The van der Waals surface area contributed by atoms with E-state index in [1.807, 2.05) is 13.0 Å². The zero-order valence-corrected chi connectivity index (χ0v) is 18.3. The van der Waals surface area contributed by atoms with Gasteiger partial charge in [0.05, 0.1) is 17.6 Å². The second-order valence-corrected chi connectivity index (χ2v) is 10.9. The van der Waals surface area contributed by atoms with Crippen LogP contribution in [0.4, 0.5) is 0 Å². The third kappa shape index (κ3) is 3.04. The monoisotopic (exact) mass is 434 g/mol. The molecule has 4 rings (SSSR count). The normalized spacial score (nSPS) is 44.7. The van der Waals surface area contributed by atoms with Gasteiger partial charge in [-0.3, -0.25) is 14.4 Å². The third-order valence-corrected chi connectivity index (χ3v) is 9.49. The molecule has 4 aliphatic rings. The third-order valence-electron chi connectivity index (χ3n) is 8.57. The number of thioether (sulfide) groups is 1. The molecule has 3 saturated carbocycles. The number of ketones is 2. The fraction of sp³-hybridized carbons (Fsp3) is 0.696. The van der Waals surface area contributed by atoms with Crippen molar-refractivity contribution in [1.29, 1.82) is 0 Å². The second-order valence-electron chi connectivity index (χ2n) is 9.92. The molecule has 0 heterocycles. The van der Waals surface area contributed by atoms with Crippen LogP contribution in [0.5, 0.6) is 0 Å². The molecule has 0 aromatic rings. The largest absolute Gasteiger partial charge is 0.481 e. The maximum absolute atomic E-state index is 13.0. The van der Waals surface area contributed by atoms with Crippen molar-refractivity contribution >= 4 is 29.3 Å². The number of hydrogen-bond donors (Lipinski definition) is 3. The fourth-order valence-electron chi connectivity index (χ4n) is 7.14. The van der Waals surface area contributed by atoms with Gasteiger partial charge >= 0.3 is 5.97 Å². The van der Waals surface area contributed by atoms with Gasteiger partial charge in [-0.05, 0) is 56.1 Å². The molecule has 0 amide bonds. The maximum Gasteiger partial charge on any atom is 0.313 e. The lowest BCUT2D eigenvalue weighted by atomic mass is 9.46. The average molecular weight is 435 g/mol. The minimum atomic E-state index is -1.54. The van der Waals surface area contributed by atoms with E-state index in [-0.39, 0.29) is 46.2 Å². The summed E-state index contributed by atoms with van der Waals surface area (Å²) in [6.07, 6.45) is 7.59. The van der Waals surface area contributed by atoms with E-state index < -0.39 is 23.1 Å². The van der Waals surface area contributed by atoms with Gasteiger partial charge < -0.3 is 15.3 Å². The lowest BCUT2D eigenvalue weighted by molar-refractivity contribution is -0.174. The van der Waals surface area contributed by atoms with E-state index in [0.29, 0.717) is 19.3 Å². The Bertz CT molecular complexity index is 849. The van der Waals surface area contributed by atoms with Gasteiger partial charge in [0.15, 0.2) is 11.6 Å². The summed E-state index contributed by atoms with van der Waals surface area (Å²) in [5.74, 6) is -1.30. The Morgan fingerprint density at radius 2 is 1.97 bits per heavy atom. The van der Waals surface area contributed by atoms with Crippen molar-refractivity contribution in [3.8, 4) is 0 Å². The van der Waals surface area contributed by atoms with E-state index in [0.717, 1.165) is 30.2 Å². The van der Waals surface area contributed by atoms with Crippen LogP contribution >= 0.6 is 11.8 Å². The molecular weight excluding hydrogens is 404 g/mol. The van der Waals surface area contributed by atoms with Crippen molar-refractivity contribution in [2.45, 2.75) is 57.7 Å². The molecule has 7 heteroatoms. The number of aliphatic carboxylic acids is 1. The van der Waals surface area contributed by atoms with Crippen LogP contribution in [-0.4, -0.2) is 56.1 Å². The lowest BCUT2D eigenvalue weighted by Gasteiger charge is -2.59. The molecule has 3 N–H and O–H groups in total. The van der Waals surface area contributed by atoms with Crippen molar-refractivity contribution in [2.24, 2.45) is 28.6 Å². The van der Waals surface area contributed by atoms with E-state index in [1.54, 1.807) is 12.2 Å². The minimum absolute atomic E-state index is 0.00392. The summed E-state index contributed by atoms with van der Waals surface area (Å²) >= 11 is 1.01. The van der Waals surface area contributed by atoms with E-state index in [9.17, 15) is 24.6 Å². The Hall–Kier alpha value is -1.44. The fourth-order valence-corrected chi connectivity index (χ4v) is 7.84. The van der Waals surface area contributed by atoms with E-state index in [2.05, 4.69) is 6.92 Å². The molecule has 3 unspecified atom stereocenters. The molecule has 7 atom stereocenters. The summed E-state index contributed by atoms with van der Waals surface area (Å²) in [5.41, 5.74) is -1.57. The molecule has 0 aliphatic heterocycles. The van der Waals surface area contributed by atoms with Crippen LogP contribution in [0.2, 0.25) is 0 Å². The number of Topliss-reactive ketones (excluding diaryl/α,β-unsaturated/α-hetero) is 1. The first-order chi connectivity index (χ1) is 14.0. The summed E-state index contributed by atoms with van der Waals surface area (Å²) < 4.78 is 0. The van der Waals surface area contributed by atoms with Crippen molar-refractivity contribution in [1.82, 2.24) is 0 Å². The van der Waals surface area contributed by atoms with Gasteiger partial charge in [0.1, 0.15) is 5.60 Å². The first-order valence-corrected chi connectivity index (χ1v) is 11.9. The summed E-state index contributed by atoms with van der Waals surface area (Å²) in [5, 5.41) is 31.7. The number of carboxylic acids is 1. The predicted octanol–water partition coefficient (Wildman–Crippen LogP) is 2.38. The summed E-state index contributed by atoms with van der Waals surface area (Å²) in [6, 6.07) is 0. The van der Waals surface area contributed by atoms with Crippen LogP contribution in [0.3, 0.4) is 0 Å². The van der Waals surface area contributed by atoms with Gasteiger partial charge in [-0.15, -0.1) is 11.8 Å². The van der Waals surface area contributed by atoms with Crippen LogP contribution in [0.25, 0.3) is 0 Å². The van der Waals surface area contributed by atoms with Crippen LogP contribution in [0.15, 0.2) is 23.8 Å². The first kappa shape index (κ1) is 21.8. The highest BCUT2D eigenvalue weighted by Crippen LogP contribution is 2.67. The predicted molar refractivity (Wildman–Crippen MR) is 113 cm³/mol. The lowest BCUT2D eigenvalue weighted by Crippen LogP contribution is -2.61. The average Bonchev–Trinajstić information content (AvgIpc) is 2.93. The second kappa shape index (κ2) is 7.31. The molecule has 0 radical (unpaired) electrons. The smallest absolute Gasteiger partial charge is 0.313 e. The van der Waals surface area contributed by atoms with E-state index in [4.69, 9.17) is 5.11 Å². The summed E-state index contributed by atoms with van der Waals surface area (Å²) in [6.45, 7) is 4.02. The SMILES string of the molecule is C[C@]12C=CC(=O)C=C1CCC1C2[C@@H](O)C[C@@]2(C)C1CC[C@]2(O)C(=O)CSCC(=O)O. The van der Waals surface area contributed by atoms with Gasteiger partial charge in [-0.2, -0.15) is 0 Å². The Labute approximate surface area is 180 Å². The maximum atomic E-state index is 13.0. The molecular formula is C23H30O6S. The molecule has 4 aliphatic carbocycles. The number of carbonyl (C=O) groups is 3. The molecule has 6 nitrogen and oxygen atoms in total. The van der Waals surface area contributed by atoms with Gasteiger partial charge in [-0.1, -0.05) is 25.5 Å². The Morgan fingerprint density at radius 3 is 2.67 bits per heavy atom. The number of aliphatic hydroxyl groups excluding tert-OH is 1. The number of carboxylic acid groups (broad SMARTS) is 1. The first-order valence-electron chi connectivity index (χ1n) is 10.7. The standard InChI is InChI=1S/C23H30O6S/c1-21-7-5-14(24)9-13(21)3-4-15-16-6-8-23(29,18(26)11-30-12-19(27)28)22(16,2)10-17(25)20(15)21/h5,7,9,15-17,20,25,29H,3-4,6,8,10-12H2,1-2H3,(H,27,28)/t15?,16?,17-,20?,21-,22-,23-/m0/s1. The Kier molecular flexibility index (Phi) is 5.31. The zero-order chi connectivity index (χ0) is 21.9. The van der Waals surface area contributed by atoms with E-state index in [1.165, 1.54) is 0 Å². The molecule has 3 fully saturated rings. The topological polar surface area (TPSA) is 112 Å². The Morgan fingerprint density at radius 1 is 1.23 bits per heavy atom. The molecule has 0 spiro atoms. The van der Waals surface area contributed by atoms with Crippen LogP contribution < -0.4 is 0 Å². The van der Waals surface area contributed by atoms with Gasteiger partial charge in [-0.25, -0.2) is 0 Å². The molecule has 30 heavy (non-hydrogen) atoms. The van der Waals surface area contributed by atoms with Crippen molar-refractivity contribution in [2.75, 3.05) is 11.5 Å². The zero-order valence-electron chi connectivity index (χ0n) is 17.5. The highest BCUT2D eigenvalue weighted by molar-refractivity contribution is 8.00. The quantitative estimate of drug-likeness (QED) is 0.609. The molecule has 0 aromatic heterocycles. The summed E-state index contributed by atoms with van der Waals surface area (Å²) in [4.78, 5) is 35.7. The Balaban J connectivity index is 1.62. The van der Waals surface area contributed by atoms with Crippen LogP contribution in [0.1, 0.15) is 46.0 Å². The van der Waals surface area contributed by atoms with Gasteiger partial charge in [0.2, 0.25) is 0 Å².